The fraction of sp³-hybridized carbons (Fsp3) is 0.533. The summed E-state index contributed by atoms with van der Waals surface area (Å²) in [4.78, 5) is 22.5. The molecule has 2 rings (SSSR count). The van der Waals surface area contributed by atoms with Crippen molar-refractivity contribution in [1.82, 2.24) is 0 Å². The summed E-state index contributed by atoms with van der Waals surface area (Å²) in [6, 6.07) is 15.1. The van der Waals surface area contributed by atoms with E-state index in [-0.39, 0.29) is 11.8 Å². The lowest BCUT2D eigenvalue weighted by molar-refractivity contribution is 0.0491. The molecule has 7 nitrogen and oxygen atoms in total. The molecule has 2 aromatic rings. The van der Waals surface area contributed by atoms with E-state index >= 15 is 0 Å². The number of carbonyl (C=O) groups is 2. The summed E-state index contributed by atoms with van der Waals surface area (Å²) < 4.78 is 26.2. The van der Waals surface area contributed by atoms with E-state index in [1.807, 2.05) is 36.4 Å². The molecule has 0 atom stereocenters. The summed E-state index contributed by atoms with van der Waals surface area (Å²) in [6.45, 7) is 11.2. The standard InChI is InChI=1S/C15H22O4.C15H22O3/c1-3-9-18-11-12-19-10-8-13-4-6-14(7-5-13)15(16)17-2;1-3-8-17-10-11-18-9-7-14-5-4-6-15(12-14)13(2)16/h4-7H,3,8-12H2,1-2H3;4-6,12H,3,7-11H2,1-2H3. The maximum absolute atomic E-state index is 11.2. The lowest BCUT2D eigenvalue weighted by Gasteiger charge is -2.06. The van der Waals surface area contributed by atoms with Crippen LogP contribution in [0.15, 0.2) is 48.5 Å². The summed E-state index contributed by atoms with van der Waals surface area (Å²) in [5.41, 5.74) is 3.61. The molecule has 0 bridgehead atoms. The Balaban J connectivity index is 0.000000371. The second-order valence-corrected chi connectivity index (χ2v) is 8.39. The van der Waals surface area contributed by atoms with Gasteiger partial charge in [0.15, 0.2) is 5.78 Å². The second kappa shape index (κ2) is 21.5. The highest BCUT2D eigenvalue weighted by Gasteiger charge is 2.04. The minimum absolute atomic E-state index is 0.103. The number of carbonyl (C=O) groups excluding carboxylic acids is 2. The van der Waals surface area contributed by atoms with Crippen molar-refractivity contribution in [3.8, 4) is 0 Å². The molecule has 0 aliphatic rings. The van der Waals surface area contributed by atoms with Crippen LogP contribution in [0.4, 0.5) is 0 Å². The van der Waals surface area contributed by atoms with Crippen LogP contribution in [0.25, 0.3) is 0 Å². The predicted molar refractivity (Wildman–Crippen MR) is 145 cm³/mol. The molecule has 0 radical (unpaired) electrons. The van der Waals surface area contributed by atoms with E-state index in [1.54, 1.807) is 19.1 Å². The first-order valence-electron chi connectivity index (χ1n) is 13.1. The van der Waals surface area contributed by atoms with Gasteiger partial charge in [-0.25, -0.2) is 4.79 Å². The Labute approximate surface area is 222 Å². The van der Waals surface area contributed by atoms with Crippen LogP contribution in [-0.2, 0) is 36.5 Å². The van der Waals surface area contributed by atoms with Gasteiger partial charge >= 0.3 is 5.97 Å². The molecule has 0 N–H and O–H groups in total. The van der Waals surface area contributed by atoms with Gasteiger partial charge in [0.1, 0.15) is 0 Å². The minimum Gasteiger partial charge on any atom is -0.465 e. The molecule has 37 heavy (non-hydrogen) atoms. The van der Waals surface area contributed by atoms with E-state index in [9.17, 15) is 9.59 Å². The largest absolute Gasteiger partial charge is 0.465 e. The van der Waals surface area contributed by atoms with Gasteiger partial charge in [-0.05, 0) is 61.9 Å². The maximum atomic E-state index is 11.2. The van der Waals surface area contributed by atoms with Crippen molar-refractivity contribution in [2.75, 3.05) is 60.0 Å². The van der Waals surface area contributed by atoms with Crippen molar-refractivity contribution in [3.63, 3.8) is 0 Å². The van der Waals surface area contributed by atoms with Gasteiger partial charge in [0.05, 0.1) is 52.3 Å². The van der Waals surface area contributed by atoms with Gasteiger partial charge in [-0.1, -0.05) is 44.2 Å². The van der Waals surface area contributed by atoms with E-state index in [0.29, 0.717) is 45.2 Å². The third kappa shape index (κ3) is 16.0. The van der Waals surface area contributed by atoms with Gasteiger partial charge in [0, 0.05) is 18.8 Å². The van der Waals surface area contributed by atoms with Gasteiger partial charge in [-0.15, -0.1) is 0 Å². The smallest absolute Gasteiger partial charge is 0.337 e. The van der Waals surface area contributed by atoms with Crippen LogP contribution in [0.3, 0.4) is 0 Å². The van der Waals surface area contributed by atoms with Crippen molar-refractivity contribution >= 4 is 11.8 Å². The van der Waals surface area contributed by atoms with E-state index in [0.717, 1.165) is 55.6 Å². The molecular weight excluding hydrogens is 472 g/mol. The lowest BCUT2D eigenvalue weighted by atomic mass is 10.1. The first-order chi connectivity index (χ1) is 18.0. The van der Waals surface area contributed by atoms with E-state index in [2.05, 4.69) is 18.6 Å². The Morgan fingerprint density at radius 2 is 1.14 bits per heavy atom. The number of benzene rings is 2. The van der Waals surface area contributed by atoms with Gasteiger partial charge in [-0.2, -0.15) is 0 Å². The SMILES string of the molecule is CCCOCCOCCc1ccc(C(=O)OC)cc1.CCCOCCOCCc1cccc(C(C)=O)c1. The number of hydrogen-bond acceptors (Lipinski definition) is 7. The molecule has 0 spiro atoms. The van der Waals surface area contributed by atoms with Crippen LogP contribution in [0.1, 0.15) is 65.5 Å². The molecule has 0 aliphatic carbocycles. The lowest BCUT2D eigenvalue weighted by Crippen LogP contribution is -2.07. The van der Waals surface area contributed by atoms with E-state index in [4.69, 9.17) is 18.9 Å². The molecule has 206 valence electrons. The van der Waals surface area contributed by atoms with Crippen molar-refractivity contribution in [2.45, 2.75) is 46.5 Å². The van der Waals surface area contributed by atoms with Gasteiger partial charge in [0.2, 0.25) is 0 Å². The highest BCUT2D eigenvalue weighted by Crippen LogP contribution is 2.08. The number of hydrogen-bond donors (Lipinski definition) is 0. The molecule has 0 heterocycles. The van der Waals surface area contributed by atoms with Gasteiger partial charge in [0.25, 0.3) is 0 Å². The number of ketones is 1. The summed E-state index contributed by atoms with van der Waals surface area (Å²) >= 11 is 0. The van der Waals surface area contributed by atoms with Crippen molar-refractivity contribution in [3.05, 3.63) is 70.8 Å². The summed E-state index contributed by atoms with van der Waals surface area (Å²) in [5, 5.41) is 0. The van der Waals surface area contributed by atoms with Crippen LogP contribution in [0, 0.1) is 0 Å². The molecule has 0 saturated heterocycles. The van der Waals surface area contributed by atoms with Gasteiger partial charge in [-0.3, -0.25) is 4.79 Å². The Morgan fingerprint density at radius 1 is 0.622 bits per heavy atom. The maximum Gasteiger partial charge on any atom is 0.337 e. The molecular formula is C30H44O7. The van der Waals surface area contributed by atoms with Crippen molar-refractivity contribution in [2.24, 2.45) is 0 Å². The normalized spacial score (nSPS) is 10.5. The van der Waals surface area contributed by atoms with Crippen LogP contribution < -0.4 is 0 Å². The first kappa shape index (κ1) is 32.4. The fourth-order valence-corrected chi connectivity index (χ4v) is 3.18. The summed E-state index contributed by atoms with van der Waals surface area (Å²) in [5.74, 6) is -0.207. The Morgan fingerprint density at radius 3 is 1.62 bits per heavy atom. The second-order valence-electron chi connectivity index (χ2n) is 8.39. The zero-order chi connectivity index (χ0) is 27.1. The number of Topliss-reactive ketones (excluding diaryl/α,β-unsaturated/α-hetero) is 1. The quantitative estimate of drug-likeness (QED) is 0.150. The zero-order valence-corrected chi connectivity index (χ0v) is 23.0. The Bertz CT molecular complexity index is 864. The van der Waals surface area contributed by atoms with E-state index in [1.165, 1.54) is 7.11 Å². The number of esters is 1. The minimum atomic E-state index is -0.309. The third-order valence-electron chi connectivity index (χ3n) is 5.22. The topological polar surface area (TPSA) is 80.3 Å². The Kier molecular flexibility index (Phi) is 18.9. The average molecular weight is 517 g/mol. The predicted octanol–water partition coefficient (Wildman–Crippen LogP) is 5.33. The highest BCUT2D eigenvalue weighted by atomic mass is 16.5. The molecule has 0 unspecified atom stereocenters. The molecule has 0 aromatic heterocycles. The van der Waals surface area contributed by atoms with Crippen LogP contribution in [0.5, 0.6) is 0 Å². The Hall–Kier alpha value is -2.58. The van der Waals surface area contributed by atoms with E-state index < -0.39 is 0 Å². The summed E-state index contributed by atoms with van der Waals surface area (Å²) in [7, 11) is 1.38. The summed E-state index contributed by atoms with van der Waals surface area (Å²) in [6.07, 6.45) is 3.73. The van der Waals surface area contributed by atoms with Crippen LogP contribution in [-0.4, -0.2) is 71.7 Å². The number of ether oxygens (including phenoxy) is 5. The average Bonchev–Trinajstić information content (AvgIpc) is 2.92. The molecule has 0 saturated carbocycles. The fourth-order valence-electron chi connectivity index (χ4n) is 3.18. The van der Waals surface area contributed by atoms with Gasteiger partial charge < -0.3 is 23.7 Å². The zero-order valence-electron chi connectivity index (χ0n) is 23.0. The number of rotatable bonds is 18. The first-order valence-corrected chi connectivity index (χ1v) is 13.1. The monoisotopic (exact) mass is 516 g/mol. The van der Waals surface area contributed by atoms with Crippen molar-refractivity contribution < 1.29 is 33.3 Å². The third-order valence-corrected chi connectivity index (χ3v) is 5.22. The molecule has 0 fully saturated rings. The molecule has 2 aromatic carbocycles. The number of methoxy groups -OCH3 is 1. The molecule has 0 aliphatic heterocycles. The van der Waals surface area contributed by atoms with Crippen LogP contribution in [0.2, 0.25) is 0 Å². The molecule has 0 amide bonds. The van der Waals surface area contributed by atoms with Crippen molar-refractivity contribution in [1.29, 1.82) is 0 Å². The molecule has 7 heteroatoms. The van der Waals surface area contributed by atoms with Crippen LogP contribution >= 0.6 is 0 Å². The highest BCUT2D eigenvalue weighted by molar-refractivity contribution is 5.94.